The van der Waals surface area contributed by atoms with Crippen molar-refractivity contribution in [1.29, 1.82) is 0 Å². The summed E-state index contributed by atoms with van der Waals surface area (Å²) in [6.45, 7) is 12.2. The van der Waals surface area contributed by atoms with Crippen molar-refractivity contribution < 1.29 is 0 Å². The smallest absolute Gasteiger partial charge is 0.104 e. The molecule has 3 N–H and O–H groups in total. The third-order valence-electron chi connectivity index (χ3n) is 8.84. The molecule has 3 fully saturated rings. The van der Waals surface area contributed by atoms with Crippen molar-refractivity contribution >= 4 is 11.4 Å². The molecule has 5 aliphatic rings. The molecule has 0 saturated carbocycles. The van der Waals surface area contributed by atoms with E-state index >= 15 is 0 Å². The van der Waals surface area contributed by atoms with E-state index in [1.165, 1.54) is 79.3 Å². The summed E-state index contributed by atoms with van der Waals surface area (Å²) in [7, 11) is 2.25. The summed E-state index contributed by atoms with van der Waals surface area (Å²) in [6, 6.07) is 7.29. The van der Waals surface area contributed by atoms with Crippen molar-refractivity contribution in [2.24, 2.45) is 5.41 Å². The number of fused-ring (bicyclic) bond motifs is 1. The van der Waals surface area contributed by atoms with Crippen LogP contribution in [-0.2, 0) is 6.42 Å². The Balaban J connectivity index is 1.30. The molecule has 5 aliphatic heterocycles. The Morgan fingerprint density at radius 1 is 1.00 bits per heavy atom. The second-order valence-corrected chi connectivity index (χ2v) is 11.2. The number of allylic oxidation sites excluding steroid dienone is 2. The zero-order valence-electron chi connectivity index (χ0n) is 21.6. The average Bonchev–Trinajstić information content (AvgIpc) is 3.31. The minimum atomic E-state index is 0.230. The van der Waals surface area contributed by atoms with Gasteiger partial charge in [-0.2, -0.15) is 0 Å². The Kier molecular flexibility index (Phi) is 6.27. The van der Waals surface area contributed by atoms with E-state index in [0.29, 0.717) is 5.41 Å². The fourth-order valence-corrected chi connectivity index (χ4v) is 6.77. The van der Waals surface area contributed by atoms with Gasteiger partial charge in [0.1, 0.15) is 5.82 Å². The maximum Gasteiger partial charge on any atom is 0.104 e. The summed E-state index contributed by atoms with van der Waals surface area (Å²) < 4.78 is 0. The normalized spacial score (nSPS) is 28.9. The SMILES string of the molecule is CCc1ccc2c(c1)NC(C1=CC=C(N3CCNCC3)N(C)C1)C=C2N1CCC2(CCCNC2)C1. The van der Waals surface area contributed by atoms with Crippen LogP contribution in [0, 0.1) is 5.41 Å². The molecule has 2 unspecified atom stereocenters. The van der Waals surface area contributed by atoms with Crippen molar-refractivity contribution in [3.05, 3.63) is 58.9 Å². The first-order chi connectivity index (χ1) is 17.1. The van der Waals surface area contributed by atoms with Gasteiger partial charge < -0.3 is 30.7 Å². The summed E-state index contributed by atoms with van der Waals surface area (Å²) >= 11 is 0. The molecule has 6 nitrogen and oxygen atoms in total. The molecule has 1 spiro atoms. The van der Waals surface area contributed by atoms with E-state index in [2.05, 4.69) is 81.0 Å². The fraction of sp³-hybridized carbons (Fsp3) is 0.586. The van der Waals surface area contributed by atoms with Gasteiger partial charge in [-0.05, 0) is 61.6 Å². The number of likely N-dealkylation sites (tertiary alicyclic amines) is 1. The predicted molar refractivity (Wildman–Crippen MR) is 145 cm³/mol. The number of piperazine rings is 1. The second kappa shape index (κ2) is 9.55. The predicted octanol–water partition coefficient (Wildman–Crippen LogP) is 3.08. The average molecular weight is 475 g/mol. The number of aryl methyl sites for hydroxylation is 1. The van der Waals surface area contributed by atoms with Crippen molar-refractivity contribution in [3.63, 3.8) is 0 Å². The highest BCUT2D eigenvalue weighted by Gasteiger charge is 2.41. The van der Waals surface area contributed by atoms with Crippen molar-refractivity contribution in [2.45, 2.75) is 38.6 Å². The zero-order valence-corrected chi connectivity index (χ0v) is 21.6. The van der Waals surface area contributed by atoms with Crippen LogP contribution in [0.2, 0.25) is 0 Å². The lowest BCUT2D eigenvalue weighted by Gasteiger charge is -2.40. The molecule has 0 bridgehead atoms. The Hall–Kier alpha value is -2.44. The Morgan fingerprint density at radius 2 is 1.89 bits per heavy atom. The zero-order chi connectivity index (χ0) is 23.8. The van der Waals surface area contributed by atoms with Gasteiger partial charge in [0.2, 0.25) is 0 Å². The topological polar surface area (TPSA) is 45.8 Å². The molecule has 3 saturated heterocycles. The van der Waals surface area contributed by atoms with Gasteiger partial charge >= 0.3 is 0 Å². The molecular weight excluding hydrogens is 432 g/mol. The molecule has 35 heavy (non-hydrogen) atoms. The molecule has 0 aromatic heterocycles. The molecule has 0 amide bonds. The van der Waals surface area contributed by atoms with E-state index in [1.54, 1.807) is 0 Å². The number of hydrogen-bond acceptors (Lipinski definition) is 6. The molecule has 5 heterocycles. The third-order valence-corrected chi connectivity index (χ3v) is 8.84. The summed E-state index contributed by atoms with van der Waals surface area (Å²) in [5.41, 5.74) is 7.42. The van der Waals surface area contributed by atoms with Gasteiger partial charge in [0.25, 0.3) is 0 Å². The van der Waals surface area contributed by atoms with Gasteiger partial charge in [-0.1, -0.05) is 25.1 Å². The highest BCUT2D eigenvalue weighted by molar-refractivity contribution is 5.81. The second-order valence-electron chi connectivity index (χ2n) is 11.2. The van der Waals surface area contributed by atoms with E-state index < -0.39 is 0 Å². The van der Waals surface area contributed by atoms with E-state index in [9.17, 15) is 0 Å². The van der Waals surface area contributed by atoms with E-state index in [0.717, 1.165) is 39.1 Å². The minimum absolute atomic E-state index is 0.230. The first kappa shape index (κ1) is 23.0. The highest BCUT2D eigenvalue weighted by Crippen LogP contribution is 2.43. The number of nitrogens with one attached hydrogen (secondary N) is 3. The van der Waals surface area contributed by atoms with Crippen LogP contribution < -0.4 is 16.0 Å². The highest BCUT2D eigenvalue weighted by atomic mass is 15.3. The van der Waals surface area contributed by atoms with Crippen LogP contribution in [-0.4, -0.2) is 86.7 Å². The van der Waals surface area contributed by atoms with E-state index in [-0.39, 0.29) is 6.04 Å². The quantitative estimate of drug-likeness (QED) is 0.624. The first-order valence-electron chi connectivity index (χ1n) is 13.8. The molecule has 1 aromatic carbocycles. The molecule has 1 aromatic rings. The van der Waals surface area contributed by atoms with Gasteiger partial charge in [-0.15, -0.1) is 0 Å². The lowest BCUT2D eigenvalue weighted by Crippen LogP contribution is -2.47. The summed E-state index contributed by atoms with van der Waals surface area (Å²) in [5.74, 6) is 1.36. The maximum atomic E-state index is 3.92. The summed E-state index contributed by atoms with van der Waals surface area (Å²) in [6.07, 6.45) is 12.3. The van der Waals surface area contributed by atoms with Crippen molar-refractivity contribution in [1.82, 2.24) is 25.3 Å². The number of anilines is 1. The molecule has 0 aliphatic carbocycles. The molecule has 6 rings (SSSR count). The maximum absolute atomic E-state index is 3.92. The fourth-order valence-electron chi connectivity index (χ4n) is 6.77. The molecule has 2 atom stereocenters. The Bertz CT molecular complexity index is 1030. The lowest BCUT2D eigenvalue weighted by atomic mass is 9.80. The number of benzene rings is 1. The standard InChI is InChI=1S/C29H42N6/c1-3-22-5-7-24-26(17-22)32-25(18-27(24)35-14-10-29(21-35)9-4-11-31-20-29)23-6-8-28(33(2)19-23)34-15-12-30-13-16-34/h5-8,17-18,25,30-32H,3-4,9-16,19-21H2,1-2H3. The van der Waals surface area contributed by atoms with Gasteiger partial charge in [-0.3, -0.25) is 0 Å². The number of piperidine rings is 1. The van der Waals surface area contributed by atoms with E-state index in [1.807, 2.05) is 0 Å². The van der Waals surface area contributed by atoms with Crippen LogP contribution in [0.5, 0.6) is 0 Å². The first-order valence-corrected chi connectivity index (χ1v) is 13.8. The third kappa shape index (κ3) is 4.47. The van der Waals surface area contributed by atoms with Gasteiger partial charge in [-0.25, -0.2) is 0 Å². The van der Waals surface area contributed by atoms with Crippen LogP contribution in [0.4, 0.5) is 5.69 Å². The minimum Gasteiger partial charge on any atom is -0.374 e. The van der Waals surface area contributed by atoms with Gasteiger partial charge in [0, 0.05) is 81.8 Å². The molecular formula is C29H42N6. The van der Waals surface area contributed by atoms with E-state index in [4.69, 9.17) is 0 Å². The Morgan fingerprint density at radius 3 is 2.66 bits per heavy atom. The number of rotatable bonds is 4. The summed E-state index contributed by atoms with van der Waals surface area (Å²) in [5, 5.41) is 11.1. The van der Waals surface area contributed by atoms with Crippen molar-refractivity contribution in [3.8, 4) is 0 Å². The molecule has 6 heteroatoms. The Labute approximate surface area is 211 Å². The monoisotopic (exact) mass is 474 g/mol. The largest absolute Gasteiger partial charge is 0.374 e. The van der Waals surface area contributed by atoms with Crippen LogP contribution >= 0.6 is 0 Å². The number of nitrogens with zero attached hydrogens (tertiary/aromatic N) is 3. The summed E-state index contributed by atoms with van der Waals surface area (Å²) in [4.78, 5) is 7.65. The van der Waals surface area contributed by atoms with Crippen LogP contribution in [0.3, 0.4) is 0 Å². The molecule has 0 radical (unpaired) electrons. The van der Waals surface area contributed by atoms with Crippen LogP contribution in [0.15, 0.2) is 47.8 Å². The number of likely N-dealkylation sites (N-methyl/N-ethyl adjacent to an activating group) is 1. The van der Waals surface area contributed by atoms with Crippen LogP contribution in [0.1, 0.15) is 37.3 Å². The lowest BCUT2D eigenvalue weighted by molar-refractivity contribution is 0.217. The van der Waals surface area contributed by atoms with Gasteiger partial charge in [0.05, 0.1) is 6.04 Å². The van der Waals surface area contributed by atoms with Crippen LogP contribution in [0.25, 0.3) is 5.70 Å². The number of hydrogen-bond donors (Lipinski definition) is 3. The van der Waals surface area contributed by atoms with Crippen molar-refractivity contribution in [2.75, 3.05) is 71.3 Å². The van der Waals surface area contributed by atoms with Gasteiger partial charge in [0.15, 0.2) is 0 Å². The molecule has 188 valence electrons.